The summed E-state index contributed by atoms with van der Waals surface area (Å²) < 4.78 is 28.4. The van der Waals surface area contributed by atoms with Gasteiger partial charge in [-0.3, -0.25) is 0 Å². The number of benzene rings is 1. The molecule has 1 aliphatic rings. The topological polar surface area (TPSA) is 55.4 Å². The molecule has 112 valence electrons. The number of hydrogen-bond donors (Lipinski definition) is 1. The van der Waals surface area contributed by atoms with E-state index in [2.05, 4.69) is 5.32 Å². The number of nitrogens with one attached hydrogen (secondary N) is 1. The Morgan fingerprint density at radius 3 is 2.85 bits per heavy atom. The van der Waals surface area contributed by atoms with Gasteiger partial charge < -0.3 is 10.1 Å². The lowest BCUT2D eigenvalue weighted by Crippen LogP contribution is -2.16. The van der Waals surface area contributed by atoms with Gasteiger partial charge >= 0.3 is 0 Å². The number of hydrogen-bond acceptors (Lipinski definition) is 4. The van der Waals surface area contributed by atoms with Crippen LogP contribution in [-0.2, 0) is 20.3 Å². The molecule has 1 heterocycles. The van der Waals surface area contributed by atoms with Gasteiger partial charge in [0.2, 0.25) is 0 Å². The minimum Gasteiger partial charge on any atom is -0.385 e. The van der Waals surface area contributed by atoms with Gasteiger partial charge in [0.05, 0.1) is 5.75 Å². The molecular weight excluding hydrogens is 274 g/mol. The largest absolute Gasteiger partial charge is 0.385 e. The van der Waals surface area contributed by atoms with Gasteiger partial charge in [-0.1, -0.05) is 18.2 Å². The molecule has 0 amide bonds. The molecule has 2 rings (SSSR count). The van der Waals surface area contributed by atoms with Crippen molar-refractivity contribution in [3.63, 3.8) is 0 Å². The van der Waals surface area contributed by atoms with Crippen LogP contribution < -0.4 is 5.32 Å². The molecule has 5 heteroatoms. The number of rotatable bonds is 5. The van der Waals surface area contributed by atoms with Crippen molar-refractivity contribution >= 4 is 15.5 Å². The summed E-state index contributed by atoms with van der Waals surface area (Å²) in [4.78, 5) is 0. The third kappa shape index (κ3) is 5.13. The summed E-state index contributed by atoms with van der Waals surface area (Å²) in [5, 5.41) is 3.41. The van der Waals surface area contributed by atoms with E-state index in [1.807, 2.05) is 24.3 Å². The molecule has 1 atom stereocenters. The van der Waals surface area contributed by atoms with Crippen molar-refractivity contribution in [2.24, 2.45) is 5.92 Å². The van der Waals surface area contributed by atoms with Crippen LogP contribution in [0.15, 0.2) is 24.3 Å². The van der Waals surface area contributed by atoms with Crippen molar-refractivity contribution in [1.29, 1.82) is 0 Å². The Morgan fingerprint density at radius 1 is 1.25 bits per heavy atom. The van der Waals surface area contributed by atoms with Crippen molar-refractivity contribution in [3.05, 3.63) is 29.8 Å². The Bertz CT molecular complexity index is 520. The lowest BCUT2D eigenvalue weighted by atomic mass is 10.0. The number of ether oxygens (including phenoxy) is 1. The average Bonchev–Trinajstić information content (AvgIpc) is 2.64. The van der Waals surface area contributed by atoms with E-state index in [1.54, 1.807) is 0 Å². The lowest BCUT2D eigenvalue weighted by molar-refractivity contribution is 0.142. The Morgan fingerprint density at radius 2 is 2.05 bits per heavy atom. The fraction of sp³-hybridized carbons (Fsp3) is 0.600. The number of sulfone groups is 1. The van der Waals surface area contributed by atoms with Gasteiger partial charge in [0.1, 0.15) is 0 Å². The normalized spacial score (nSPS) is 20.4. The molecule has 1 saturated heterocycles. The molecule has 1 fully saturated rings. The summed E-state index contributed by atoms with van der Waals surface area (Å²) in [6.07, 6.45) is 4.62. The van der Waals surface area contributed by atoms with Crippen LogP contribution >= 0.6 is 0 Å². The molecule has 0 saturated carbocycles. The first kappa shape index (κ1) is 15.3. The second kappa shape index (κ2) is 7.09. The number of anilines is 1. The highest BCUT2D eigenvalue weighted by atomic mass is 32.2. The zero-order valence-electron chi connectivity index (χ0n) is 12.0. The van der Waals surface area contributed by atoms with Gasteiger partial charge in [-0.05, 0) is 36.8 Å². The average molecular weight is 297 g/mol. The maximum Gasteiger partial charge on any atom is 0.151 e. The molecule has 0 spiro atoms. The van der Waals surface area contributed by atoms with Crippen LogP contribution in [0.25, 0.3) is 0 Å². The summed E-state index contributed by atoms with van der Waals surface area (Å²) in [7, 11) is -3.01. The zero-order valence-corrected chi connectivity index (χ0v) is 12.8. The van der Waals surface area contributed by atoms with Gasteiger partial charge in [-0.2, -0.15) is 0 Å². The predicted molar refractivity (Wildman–Crippen MR) is 81.6 cm³/mol. The van der Waals surface area contributed by atoms with E-state index >= 15 is 0 Å². The molecule has 1 unspecified atom stereocenters. The van der Waals surface area contributed by atoms with Crippen molar-refractivity contribution in [2.75, 3.05) is 31.3 Å². The third-order valence-corrected chi connectivity index (χ3v) is 4.42. The van der Waals surface area contributed by atoms with Crippen LogP contribution in [-0.4, -0.2) is 34.4 Å². The molecule has 0 bridgehead atoms. The maximum atomic E-state index is 11.5. The lowest BCUT2D eigenvalue weighted by Gasteiger charge is -2.17. The van der Waals surface area contributed by atoms with Crippen molar-refractivity contribution in [2.45, 2.75) is 25.0 Å². The van der Waals surface area contributed by atoms with E-state index in [4.69, 9.17) is 4.74 Å². The van der Waals surface area contributed by atoms with Crippen LogP contribution in [0.1, 0.15) is 24.8 Å². The fourth-order valence-corrected chi connectivity index (χ4v) is 3.35. The summed E-state index contributed by atoms with van der Waals surface area (Å²) in [6.45, 7) is 2.57. The second-order valence-electron chi connectivity index (χ2n) is 5.52. The molecule has 1 aliphatic heterocycles. The van der Waals surface area contributed by atoms with Crippen molar-refractivity contribution in [1.82, 2.24) is 0 Å². The van der Waals surface area contributed by atoms with E-state index in [-0.39, 0.29) is 5.75 Å². The van der Waals surface area contributed by atoms with Crippen LogP contribution in [0.5, 0.6) is 0 Å². The molecule has 4 nitrogen and oxygen atoms in total. The molecule has 1 aromatic carbocycles. The fourth-order valence-electron chi connectivity index (χ4n) is 2.53. The molecule has 0 radical (unpaired) electrons. The monoisotopic (exact) mass is 297 g/mol. The molecule has 0 aliphatic carbocycles. The van der Waals surface area contributed by atoms with Crippen molar-refractivity contribution in [3.8, 4) is 0 Å². The summed E-state index contributed by atoms with van der Waals surface area (Å²) in [5.74, 6) is 0.688. The third-order valence-electron chi connectivity index (χ3n) is 3.59. The molecular formula is C15H23NO3S. The smallest absolute Gasteiger partial charge is 0.151 e. The standard InChI is InChI=1S/C15H23NO3S/c1-20(17,18)12-14-6-2-3-7-15(14)16-11-13-5-4-9-19-10-8-13/h2-3,6-7,13,16H,4-5,8-12H2,1H3. The summed E-state index contributed by atoms with van der Waals surface area (Å²) in [6, 6.07) is 7.64. The molecule has 1 aromatic rings. The van der Waals surface area contributed by atoms with Crippen LogP contribution in [0.3, 0.4) is 0 Å². The van der Waals surface area contributed by atoms with Crippen LogP contribution in [0.4, 0.5) is 5.69 Å². The minimum atomic E-state index is -3.01. The minimum absolute atomic E-state index is 0.0873. The first-order chi connectivity index (χ1) is 9.54. The SMILES string of the molecule is CS(=O)(=O)Cc1ccccc1NCC1CCCOCC1. The Kier molecular flexibility index (Phi) is 5.43. The van der Waals surface area contributed by atoms with E-state index in [1.165, 1.54) is 12.7 Å². The highest BCUT2D eigenvalue weighted by Crippen LogP contribution is 2.21. The number of para-hydroxylation sites is 1. The Balaban J connectivity index is 1.98. The predicted octanol–water partition coefficient (Wildman–Crippen LogP) is 2.46. The van der Waals surface area contributed by atoms with E-state index in [9.17, 15) is 8.42 Å². The van der Waals surface area contributed by atoms with Gasteiger partial charge in [0.25, 0.3) is 0 Å². The zero-order chi connectivity index (χ0) is 14.4. The first-order valence-corrected chi connectivity index (χ1v) is 9.18. The summed E-state index contributed by atoms with van der Waals surface area (Å²) in [5.41, 5.74) is 1.78. The van der Waals surface area contributed by atoms with Gasteiger partial charge in [0, 0.05) is 31.7 Å². The van der Waals surface area contributed by atoms with Gasteiger partial charge in [-0.25, -0.2) is 8.42 Å². The summed E-state index contributed by atoms with van der Waals surface area (Å²) >= 11 is 0. The van der Waals surface area contributed by atoms with E-state index < -0.39 is 9.84 Å². The highest BCUT2D eigenvalue weighted by Gasteiger charge is 2.14. The highest BCUT2D eigenvalue weighted by molar-refractivity contribution is 7.89. The van der Waals surface area contributed by atoms with Crippen LogP contribution in [0, 0.1) is 5.92 Å². The van der Waals surface area contributed by atoms with E-state index in [0.717, 1.165) is 43.9 Å². The first-order valence-electron chi connectivity index (χ1n) is 7.12. The van der Waals surface area contributed by atoms with Gasteiger partial charge in [-0.15, -0.1) is 0 Å². The Hall–Kier alpha value is -1.07. The molecule has 1 N–H and O–H groups in total. The van der Waals surface area contributed by atoms with Crippen molar-refractivity contribution < 1.29 is 13.2 Å². The van der Waals surface area contributed by atoms with Crippen LogP contribution in [0.2, 0.25) is 0 Å². The molecule has 0 aromatic heterocycles. The Labute approximate surface area is 121 Å². The maximum absolute atomic E-state index is 11.5. The van der Waals surface area contributed by atoms with Gasteiger partial charge in [0.15, 0.2) is 9.84 Å². The molecule has 20 heavy (non-hydrogen) atoms. The van der Waals surface area contributed by atoms with E-state index in [0.29, 0.717) is 5.92 Å². The quantitative estimate of drug-likeness (QED) is 0.907. The second-order valence-corrected chi connectivity index (χ2v) is 7.66.